The number of likely N-dealkylation sites (tertiary alicyclic amines) is 7. The molecule has 7 fully saturated rings. The molecule has 0 aromatic heterocycles. The predicted octanol–water partition coefficient (Wildman–Crippen LogP) is 14.9. The highest BCUT2D eigenvalue weighted by Gasteiger charge is 2.36. The van der Waals surface area contributed by atoms with Gasteiger partial charge in [-0.15, -0.1) is 11.6 Å². The number of benzene rings is 4. The van der Waals surface area contributed by atoms with Crippen LogP contribution in [0.5, 0.6) is 0 Å². The quantitative estimate of drug-likeness (QED) is 0.0137. The summed E-state index contributed by atoms with van der Waals surface area (Å²) in [5.41, 5.74) is 15.1. The van der Waals surface area contributed by atoms with Gasteiger partial charge in [-0.3, -0.25) is 4.79 Å². The molecular weight excluding hydrogens is 1640 g/mol. The standard InChI is InChI=1S/C17H25NO3.C13H16N2O.C12H15N3O2S.C11H19NO4.C10H18N4O2.C10H20N2O2.C10H19NO3.C7H7Cl.CH4O.H2/c1-17(2,3)21-16(19)18-10-9-15(11-18)13-20-12-14-7-5-4-6-8-14;14-11-15-7-6-13(8-15)10-16-9-12-4-2-1-3-5-12;13-10-15-7-6-11(9-15)8-14-18(16,17)12-4-2-1-3-5-12;1-11(2,3)16-10(14)12-6-5-8(7-12)9(13)15-4;1-10(2,3)16-9(15)14-5-4-8(7-14)6-12-13-11;1-10(2,3)14-9(13)12-5-4-8(6-11)7-12;1-10(2,3)14-9(13)11-5-4-8(6-11)7-12;8-6-7-4-2-1-3-5-7;1-2;/h4-8,15H,9-13H2,1-3H3;1-5,13H,6-10H2;1-5,11,14H,6-9H2;8H,5-7H2,1-4H3;8H,4-7H2,1-3H3;8H,4-7,11H2,1-3H3;8,12H,4-7H2,1-3H3;1-5H,6H2;2H,1H3;1H/i;;;;;;;;;1+1. The average Bonchev–Trinajstić information content (AvgIpc) is 1.05. The van der Waals surface area contributed by atoms with Crippen molar-refractivity contribution >= 4 is 58.1 Å². The normalized spacial score (nSPS) is 19.5. The van der Waals surface area contributed by atoms with Crippen molar-refractivity contribution in [3.8, 4) is 12.4 Å². The lowest BCUT2D eigenvalue weighted by molar-refractivity contribution is -0.144. The fourth-order valence-corrected chi connectivity index (χ4v) is 14.5. The summed E-state index contributed by atoms with van der Waals surface area (Å²) in [5.74, 6) is 2.21. The highest BCUT2D eigenvalue weighted by molar-refractivity contribution is 7.89. The number of amides is 5. The summed E-state index contributed by atoms with van der Waals surface area (Å²) in [5, 5.41) is 36.9. The fourth-order valence-electron chi connectivity index (χ4n) is 13.2. The van der Waals surface area contributed by atoms with Crippen molar-refractivity contribution in [2.24, 2.45) is 52.3 Å². The zero-order valence-corrected chi connectivity index (χ0v) is 78.5. The summed E-state index contributed by atoms with van der Waals surface area (Å²) < 4.78 is 68.9. The summed E-state index contributed by atoms with van der Waals surface area (Å²) >= 11 is 5.53. The summed E-state index contributed by atoms with van der Waals surface area (Å²) in [6.45, 7) is 41.9. The lowest BCUT2D eigenvalue weighted by atomic mass is 10.1. The molecule has 0 bridgehead atoms. The number of hydrogen-bond donors (Lipinski definition) is 4. The molecule has 7 saturated heterocycles. The minimum Gasteiger partial charge on any atom is -0.469 e. The van der Waals surface area contributed by atoms with Crippen LogP contribution in [0.25, 0.3) is 10.4 Å². The summed E-state index contributed by atoms with van der Waals surface area (Å²) in [7, 11) is -1.06. The molecule has 7 aliphatic heterocycles. The van der Waals surface area contributed by atoms with Crippen LogP contribution in [-0.2, 0) is 71.8 Å². The molecule has 7 unspecified atom stereocenters. The maximum absolute atomic E-state index is 12.0. The van der Waals surface area contributed by atoms with Gasteiger partial charge in [-0.1, -0.05) is 114 Å². The molecule has 0 saturated carbocycles. The van der Waals surface area contributed by atoms with Gasteiger partial charge < -0.3 is 88.1 Å². The van der Waals surface area contributed by atoms with E-state index in [9.17, 15) is 37.2 Å². The van der Waals surface area contributed by atoms with E-state index in [2.05, 4.69) is 56.1 Å². The number of nitrogens with zero attached hydrogens (tertiary/aromatic N) is 12. The van der Waals surface area contributed by atoms with Crippen molar-refractivity contribution in [2.75, 3.05) is 145 Å². The number of rotatable bonds is 18. The van der Waals surface area contributed by atoms with E-state index in [0.717, 1.165) is 91.5 Å². The maximum atomic E-state index is 12.0. The number of aliphatic hydroxyl groups excluding tert-OH is 2. The molecule has 4 aromatic carbocycles. The second kappa shape index (κ2) is 56.6. The van der Waals surface area contributed by atoms with Crippen molar-refractivity contribution in [3.05, 3.63) is 148 Å². The van der Waals surface area contributed by atoms with E-state index in [1.807, 2.05) is 171 Å². The molecule has 5 amide bonds. The Morgan fingerprint density at radius 3 is 1.15 bits per heavy atom. The zero-order valence-electron chi connectivity index (χ0n) is 77.0. The van der Waals surface area contributed by atoms with Gasteiger partial charge in [-0.25, -0.2) is 37.1 Å². The molecule has 4 aromatic rings. The number of alkyl halides is 1. The largest absolute Gasteiger partial charge is 0.469 e. The van der Waals surface area contributed by atoms with E-state index >= 15 is 0 Å². The Kier molecular flexibility index (Phi) is 49.7. The number of sulfonamides is 1. The van der Waals surface area contributed by atoms with E-state index < -0.39 is 38.0 Å². The van der Waals surface area contributed by atoms with Gasteiger partial charge in [0.15, 0.2) is 12.4 Å². The molecular formula is C91H145ClN14O18S. The van der Waals surface area contributed by atoms with Gasteiger partial charge in [0.1, 0.15) is 28.0 Å². The first kappa shape index (κ1) is 110. The van der Waals surface area contributed by atoms with E-state index in [1.54, 1.807) is 64.6 Å². The minimum absolute atomic E-state index is 0. The number of esters is 1. The van der Waals surface area contributed by atoms with E-state index in [1.165, 1.54) is 23.8 Å². The second-order valence-electron chi connectivity index (χ2n) is 36.3. The van der Waals surface area contributed by atoms with Crippen molar-refractivity contribution in [1.82, 2.24) is 39.0 Å². The van der Waals surface area contributed by atoms with Gasteiger partial charge >= 0.3 is 36.4 Å². The molecule has 7 aliphatic rings. The third-order valence-corrected chi connectivity index (χ3v) is 21.3. The number of halogens is 1. The molecule has 700 valence electrons. The molecule has 34 heteroatoms. The number of hydrogen-bond acceptors (Lipinski definition) is 24. The van der Waals surface area contributed by atoms with Gasteiger partial charge in [-0.2, -0.15) is 10.5 Å². The number of nitrogens with two attached hydrogens (primary N) is 1. The Labute approximate surface area is 749 Å². The Hall–Kier alpha value is -9.41. The smallest absolute Gasteiger partial charge is 0.410 e. The molecule has 125 heavy (non-hydrogen) atoms. The van der Waals surface area contributed by atoms with Crippen LogP contribution in [0, 0.1) is 64.3 Å². The molecule has 11 rings (SSSR count). The number of aliphatic hydroxyl groups is 2. The minimum atomic E-state index is -3.42. The highest BCUT2D eigenvalue weighted by atomic mass is 35.5. The third kappa shape index (κ3) is 47.7. The number of nitriles is 2. The summed E-state index contributed by atoms with van der Waals surface area (Å²) in [4.78, 5) is 84.6. The lowest BCUT2D eigenvalue weighted by Gasteiger charge is -2.24. The Bertz CT molecular complexity index is 3990. The highest BCUT2D eigenvalue weighted by Crippen LogP contribution is 2.26. The van der Waals surface area contributed by atoms with Crippen LogP contribution in [-0.4, -0.2) is 263 Å². The Morgan fingerprint density at radius 2 is 0.808 bits per heavy atom. The second-order valence-corrected chi connectivity index (χ2v) is 38.3. The number of azide groups is 1. The fraction of sp³-hybridized carbons (Fsp3) is 0.648. The molecule has 7 heterocycles. The number of carbonyl (C=O) groups excluding carboxylic acids is 6. The van der Waals surface area contributed by atoms with Crippen molar-refractivity contribution in [2.45, 2.75) is 201 Å². The number of nitrogens with one attached hydrogen (secondary N) is 1. The third-order valence-electron chi connectivity index (χ3n) is 19.5. The van der Waals surface area contributed by atoms with E-state index in [-0.39, 0.29) is 73.0 Å². The monoisotopic (exact) mass is 1790 g/mol. The van der Waals surface area contributed by atoms with E-state index in [0.29, 0.717) is 122 Å². The Morgan fingerprint density at radius 1 is 0.488 bits per heavy atom. The van der Waals surface area contributed by atoms with Gasteiger partial charge in [0, 0.05) is 148 Å². The van der Waals surface area contributed by atoms with E-state index in [4.69, 9.17) is 76.8 Å². The number of carbonyl (C=O) groups is 6. The number of methoxy groups -OCH3 is 1. The lowest BCUT2D eigenvalue weighted by Crippen LogP contribution is -2.36. The van der Waals surface area contributed by atoms with Gasteiger partial charge in [0.25, 0.3) is 0 Å². The average molecular weight is 1790 g/mol. The van der Waals surface area contributed by atoms with Gasteiger partial charge in [0.2, 0.25) is 10.0 Å². The summed E-state index contributed by atoms with van der Waals surface area (Å²) in [6.07, 6.45) is 9.20. The maximum Gasteiger partial charge on any atom is 0.410 e. The van der Waals surface area contributed by atoms with Crippen LogP contribution in [0.1, 0.15) is 167 Å². The predicted molar refractivity (Wildman–Crippen MR) is 482 cm³/mol. The zero-order chi connectivity index (χ0) is 93.4. The van der Waals surface area contributed by atoms with Crippen LogP contribution < -0.4 is 10.5 Å². The summed E-state index contributed by atoms with van der Waals surface area (Å²) in [6, 6.07) is 38.6. The molecule has 32 nitrogen and oxygen atoms in total. The topological polar surface area (TPSA) is 408 Å². The number of ether oxygens (including phenoxy) is 8. The first-order valence-electron chi connectivity index (χ1n) is 42.9. The Balaban J connectivity index is 0.000000490. The van der Waals surface area contributed by atoms with Crippen molar-refractivity contribution < 1.29 is 86.7 Å². The van der Waals surface area contributed by atoms with Gasteiger partial charge in [0.05, 0.1) is 44.4 Å². The SMILES string of the molecule is CC(C)(C)OC(=O)N1CCC(CN)C1.CC(C)(C)OC(=O)N1CCC(CN=[N+]=[N-])C1.CC(C)(C)OC(=O)N1CCC(CO)C1.CC(C)(C)OC(=O)N1CCC(COCc2ccccc2)C1.CO.COC(=O)C1CCN(C(=O)OC(C)(C)C)C1.ClCc1ccccc1.N#CN1CCC(CNS(=O)(=O)c2ccccc2)C1.N#CN1CCC(COCc2ccccc2)C1.[2HH]. The first-order chi connectivity index (χ1) is 59.0. The van der Waals surface area contributed by atoms with Crippen molar-refractivity contribution in [3.63, 3.8) is 0 Å². The van der Waals surface area contributed by atoms with Gasteiger partial charge in [-0.05, 0) is 207 Å². The molecule has 5 N–H and O–H groups in total. The van der Waals surface area contributed by atoms with Crippen molar-refractivity contribution in [1.29, 1.82) is 10.5 Å². The van der Waals surface area contributed by atoms with Crippen LogP contribution in [0.3, 0.4) is 0 Å². The first-order valence-corrected chi connectivity index (χ1v) is 44.9. The van der Waals surface area contributed by atoms with Crippen LogP contribution in [0.4, 0.5) is 24.0 Å². The molecule has 0 radical (unpaired) electrons. The van der Waals surface area contributed by atoms with Crippen LogP contribution >= 0.6 is 11.6 Å². The molecule has 0 spiro atoms. The molecule has 0 aliphatic carbocycles. The molecule has 7 atom stereocenters. The van der Waals surface area contributed by atoms with Crippen LogP contribution in [0.15, 0.2) is 131 Å². The van der Waals surface area contributed by atoms with Crippen LogP contribution in [0.2, 0.25) is 0 Å².